The van der Waals surface area contributed by atoms with E-state index in [-0.39, 0.29) is 6.10 Å². The highest BCUT2D eigenvalue weighted by atomic mass is 16.5. The lowest BCUT2D eigenvalue weighted by molar-refractivity contribution is 0.0254. The van der Waals surface area contributed by atoms with Gasteiger partial charge in [0.15, 0.2) is 0 Å². The van der Waals surface area contributed by atoms with Crippen LogP contribution in [0.15, 0.2) is 41.9 Å². The number of rotatable bonds is 4. The van der Waals surface area contributed by atoms with Gasteiger partial charge >= 0.3 is 0 Å². The summed E-state index contributed by atoms with van der Waals surface area (Å²) in [7, 11) is 1.88. The van der Waals surface area contributed by atoms with Crippen molar-refractivity contribution in [3.05, 3.63) is 53.7 Å². The van der Waals surface area contributed by atoms with E-state index in [0.717, 1.165) is 41.1 Å². The molecule has 5 rings (SSSR count). The van der Waals surface area contributed by atoms with Gasteiger partial charge in [-0.1, -0.05) is 0 Å². The van der Waals surface area contributed by atoms with Gasteiger partial charge in [-0.05, 0) is 18.2 Å². The number of aryl methyl sites for hydroxylation is 1. The Hall–Kier alpha value is -3.57. The van der Waals surface area contributed by atoms with Gasteiger partial charge in [0.2, 0.25) is 0 Å². The van der Waals surface area contributed by atoms with Gasteiger partial charge < -0.3 is 9.47 Å². The Kier molecular flexibility index (Phi) is 4.73. The first-order valence-electron chi connectivity index (χ1n) is 9.90. The summed E-state index contributed by atoms with van der Waals surface area (Å²) in [6.07, 6.45) is 7.66. The molecule has 0 atom stereocenters. The zero-order valence-electron chi connectivity index (χ0n) is 16.6. The quantitative estimate of drug-likeness (QED) is 0.668. The first-order chi connectivity index (χ1) is 14.7. The van der Waals surface area contributed by atoms with E-state index in [2.05, 4.69) is 21.1 Å². The summed E-state index contributed by atoms with van der Waals surface area (Å²) in [5.41, 5.74) is 5.53. The topological polar surface area (TPSA) is 98.2 Å². The molecule has 1 aromatic carbocycles. The van der Waals surface area contributed by atoms with Crippen molar-refractivity contribution in [1.29, 1.82) is 5.26 Å². The average Bonchev–Trinajstić information content (AvgIpc) is 3.40. The first kappa shape index (κ1) is 18.5. The van der Waals surface area contributed by atoms with Gasteiger partial charge in [-0.15, -0.1) is 0 Å². The normalized spacial score (nSPS) is 16.1. The van der Waals surface area contributed by atoms with E-state index in [1.165, 1.54) is 0 Å². The van der Waals surface area contributed by atoms with Crippen LogP contribution < -0.4 is 4.74 Å². The Balaban J connectivity index is 1.48. The molecule has 2 aliphatic heterocycles. The Morgan fingerprint density at radius 2 is 2.07 bits per heavy atom. The second kappa shape index (κ2) is 7.69. The average molecular weight is 400 g/mol. The lowest BCUT2D eigenvalue weighted by Crippen LogP contribution is -2.26. The van der Waals surface area contributed by atoms with Crippen LogP contribution >= 0.6 is 0 Å². The molecule has 8 nitrogen and oxygen atoms in total. The van der Waals surface area contributed by atoms with E-state index < -0.39 is 0 Å². The highest BCUT2D eigenvalue weighted by Gasteiger charge is 2.23. The molecule has 0 radical (unpaired) electrons. The second-order valence-electron chi connectivity index (χ2n) is 7.41. The predicted molar refractivity (Wildman–Crippen MR) is 110 cm³/mol. The Bertz CT molecular complexity index is 1170. The molecule has 0 bridgehead atoms. The van der Waals surface area contributed by atoms with Gasteiger partial charge in [0.1, 0.15) is 29.9 Å². The summed E-state index contributed by atoms with van der Waals surface area (Å²) >= 11 is 0. The molecule has 0 N–H and O–H groups in total. The Morgan fingerprint density at radius 3 is 2.83 bits per heavy atom. The molecule has 150 valence electrons. The monoisotopic (exact) mass is 400 g/mol. The molecule has 8 heteroatoms. The molecule has 30 heavy (non-hydrogen) atoms. The van der Waals surface area contributed by atoms with Crippen LogP contribution in [0.1, 0.15) is 29.7 Å². The number of nitriles is 1. The zero-order chi connectivity index (χ0) is 20.5. The van der Waals surface area contributed by atoms with Crippen LogP contribution in [0.25, 0.3) is 11.3 Å². The summed E-state index contributed by atoms with van der Waals surface area (Å²) in [4.78, 5) is 13.7. The summed E-state index contributed by atoms with van der Waals surface area (Å²) in [5, 5.41) is 13.9. The smallest absolute Gasteiger partial charge is 0.137 e. The van der Waals surface area contributed by atoms with Gasteiger partial charge in [0, 0.05) is 43.6 Å². The van der Waals surface area contributed by atoms with Crippen molar-refractivity contribution in [2.24, 2.45) is 12.0 Å². The molecule has 0 saturated carbocycles. The number of fused-ring (bicyclic) bond motifs is 1. The second-order valence-corrected chi connectivity index (χ2v) is 7.41. The van der Waals surface area contributed by atoms with Crippen LogP contribution in [0.4, 0.5) is 5.69 Å². The van der Waals surface area contributed by atoms with Crippen molar-refractivity contribution in [3.8, 4) is 23.1 Å². The van der Waals surface area contributed by atoms with Crippen LogP contribution in [0.5, 0.6) is 5.75 Å². The number of benzene rings is 1. The third-order valence-corrected chi connectivity index (χ3v) is 5.35. The largest absolute Gasteiger partial charge is 0.489 e. The van der Waals surface area contributed by atoms with E-state index in [0.29, 0.717) is 36.6 Å². The van der Waals surface area contributed by atoms with E-state index in [1.54, 1.807) is 17.2 Å². The number of hydrogen-bond donors (Lipinski definition) is 0. The maximum Gasteiger partial charge on any atom is 0.137 e. The van der Waals surface area contributed by atoms with Gasteiger partial charge in [0.05, 0.1) is 42.1 Å². The van der Waals surface area contributed by atoms with Gasteiger partial charge in [-0.2, -0.15) is 10.4 Å². The number of nitrogens with zero attached hydrogens (tertiary/aromatic N) is 6. The maximum atomic E-state index is 9.68. The minimum atomic E-state index is 0.0756. The molecule has 0 amide bonds. The molecular formula is C22H20N6O2. The number of aliphatic imine (C=N–C) groups is 1. The van der Waals surface area contributed by atoms with E-state index in [4.69, 9.17) is 14.5 Å². The molecular weight excluding hydrogens is 380 g/mol. The molecule has 4 heterocycles. The van der Waals surface area contributed by atoms with Gasteiger partial charge in [-0.3, -0.25) is 4.68 Å². The molecule has 2 aromatic heterocycles. The van der Waals surface area contributed by atoms with Gasteiger partial charge in [0.25, 0.3) is 0 Å². The molecule has 0 aliphatic carbocycles. The highest BCUT2D eigenvalue weighted by Crippen LogP contribution is 2.37. The number of aromatic nitrogens is 4. The molecule has 0 spiro atoms. The fourth-order valence-corrected chi connectivity index (χ4v) is 3.78. The lowest BCUT2D eigenvalue weighted by Gasteiger charge is -2.23. The van der Waals surface area contributed by atoms with Crippen molar-refractivity contribution in [2.75, 3.05) is 13.2 Å². The minimum Gasteiger partial charge on any atom is -0.489 e. The Labute approximate surface area is 173 Å². The first-order valence-corrected chi connectivity index (χ1v) is 9.90. The fraction of sp³-hybridized carbons (Fsp3) is 0.318. The van der Waals surface area contributed by atoms with E-state index in [1.807, 2.05) is 31.4 Å². The fourth-order valence-electron chi connectivity index (χ4n) is 3.78. The van der Waals surface area contributed by atoms with E-state index >= 15 is 0 Å². The standard InChI is InChI=1S/C22H20N6O2/c1-28-12-16(11-26-28)18-9-19-22(27-18)21(25-13-24-19)14-2-3-20(15(8-14)10-23)30-17-4-6-29-7-5-17/h2-3,8,11-13,17H,4-7,9H2,1H3. The van der Waals surface area contributed by atoms with Crippen molar-refractivity contribution in [1.82, 2.24) is 19.7 Å². The SMILES string of the molecule is Cn1cc(C2=Nc3c(ncnc3-c3ccc(OC4CCOCC4)c(C#N)c3)C2)cn1. The van der Waals surface area contributed by atoms with Crippen LogP contribution in [0, 0.1) is 11.3 Å². The van der Waals surface area contributed by atoms with Crippen molar-refractivity contribution < 1.29 is 9.47 Å². The van der Waals surface area contributed by atoms with Crippen LogP contribution in [0.3, 0.4) is 0 Å². The van der Waals surface area contributed by atoms with Crippen molar-refractivity contribution in [2.45, 2.75) is 25.4 Å². The highest BCUT2D eigenvalue weighted by molar-refractivity contribution is 6.07. The summed E-state index contributed by atoms with van der Waals surface area (Å²) < 4.78 is 13.2. The van der Waals surface area contributed by atoms with Gasteiger partial charge in [-0.25, -0.2) is 15.0 Å². The predicted octanol–water partition coefficient (Wildman–Crippen LogP) is 2.98. The Morgan fingerprint density at radius 1 is 1.20 bits per heavy atom. The summed E-state index contributed by atoms with van der Waals surface area (Å²) in [6.45, 7) is 1.38. The molecule has 1 fully saturated rings. The molecule has 3 aromatic rings. The summed E-state index contributed by atoms with van der Waals surface area (Å²) in [5.74, 6) is 0.596. The van der Waals surface area contributed by atoms with Crippen molar-refractivity contribution in [3.63, 3.8) is 0 Å². The summed E-state index contributed by atoms with van der Waals surface area (Å²) in [6, 6.07) is 7.84. The third kappa shape index (κ3) is 3.44. The molecule has 1 saturated heterocycles. The third-order valence-electron chi connectivity index (χ3n) is 5.35. The van der Waals surface area contributed by atoms with E-state index in [9.17, 15) is 5.26 Å². The van der Waals surface area contributed by atoms with Crippen LogP contribution in [0.2, 0.25) is 0 Å². The van der Waals surface area contributed by atoms with Crippen molar-refractivity contribution >= 4 is 11.4 Å². The minimum absolute atomic E-state index is 0.0756. The van der Waals surface area contributed by atoms with Crippen LogP contribution in [-0.2, 0) is 18.2 Å². The number of ether oxygens (including phenoxy) is 2. The number of hydrogen-bond acceptors (Lipinski definition) is 7. The van der Waals surface area contributed by atoms with Crippen LogP contribution in [-0.4, -0.2) is 44.8 Å². The molecule has 2 aliphatic rings. The zero-order valence-corrected chi connectivity index (χ0v) is 16.6. The maximum absolute atomic E-state index is 9.68. The lowest BCUT2D eigenvalue weighted by atomic mass is 10.0. The molecule has 0 unspecified atom stereocenters.